The number of carbonyl (C=O) groups excluding carboxylic acids is 2. The molecule has 9 atom stereocenters. The van der Waals surface area contributed by atoms with E-state index in [1.165, 1.54) is 26.0 Å². The summed E-state index contributed by atoms with van der Waals surface area (Å²) in [5.74, 6) is 1.87. The predicted molar refractivity (Wildman–Crippen MR) is 123 cm³/mol. The summed E-state index contributed by atoms with van der Waals surface area (Å²) >= 11 is 0. The minimum Gasteiger partial charge on any atom is -0.469 e. The number of carbonyl (C=O) groups is 2. The first-order valence-corrected chi connectivity index (χ1v) is 12.7. The van der Waals surface area contributed by atoms with Crippen molar-refractivity contribution < 1.29 is 24.2 Å². The number of hydrogen-bond donors (Lipinski definition) is 1. The molecular weight excluding hydrogens is 404 g/mol. The number of fused-ring (bicyclic) bond motifs is 5. The number of hydrogen-bond acceptors (Lipinski definition) is 5. The van der Waals surface area contributed by atoms with Gasteiger partial charge in [-0.05, 0) is 85.9 Å². The Hall–Kier alpha value is -1.36. The first kappa shape index (κ1) is 23.8. The minimum atomic E-state index is -0.233. The second kappa shape index (κ2) is 8.77. The van der Waals surface area contributed by atoms with E-state index in [4.69, 9.17) is 9.47 Å². The summed E-state index contributed by atoms with van der Waals surface area (Å²) in [6.45, 7) is 8.67. The van der Waals surface area contributed by atoms with Crippen molar-refractivity contribution in [2.75, 3.05) is 7.11 Å². The van der Waals surface area contributed by atoms with Crippen molar-refractivity contribution >= 4 is 11.9 Å². The van der Waals surface area contributed by atoms with Gasteiger partial charge in [0.25, 0.3) is 0 Å². The second-order valence-electron chi connectivity index (χ2n) is 11.7. The van der Waals surface area contributed by atoms with Gasteiger partial charge in [0.05, 0.1) is 13.2 Å². The molecule has 0 aromatic carbocycles. The van der Waals surface area contributed by atoms with Crippen LogP contribution in [0.15, 0.2) is 11.6 Å². The van der Waals surface area contributed by atoms with Crippen LogP contribution in [0.1, 0.15) is 85.5 Å². The Bertz CT molecular complexity index is 774. The number of allylic oxidation sites excluding steroid dienone is 1. The molecule has 0 bridgehead atoms. The van der Waals surface area contributed by atoms with Crippen LogP contribution in [0.3, 0.4) is 0 Å². The highest BCUT2D eigenvalue weighted by molar-refractivity contribution is 5.69. The van der Waals surface area contributed by atoms with Gasteiger partial charge in [0, 0.05) is 19.3 Å². The third kappa shape index (κ3) is 3.93. The van der Waals surface area contributed by atoms with E-state index in [1.807, 2.05) is 0 Å². The number of methoxy groups -OCH3 is 1. The van der Waals surface area contributed by atoms with Gasteiger partial charge in [-0.15, -0.1) is 0 Å². The van der Waals surface area contributed by atoms with Crippen molar-refractivity contribution in [1.29, 1.82) is 0 Å². The fraction of sp³-hybridized carbons (Fsp3) is 0.852. The van der Waals surface area contributed by atoms with Gasteiger partial charge in [0.1, 0.15) is 6.10 Å². The van der Waals surface area contributed by atoms with Gasteiger partial charge in [-0.1, -0.05) is 32.4 Å². The molecule has 32 heavy (non-hydrogen) atoms. The van der Waals surface area contributed by atoms with Crippen molar-refractivity contribution in [1.82, 2.24) is 0 Å². The molecule has 180 valence electrons. The lowest BCUT2D eigenvalue weighted by Crippen LogP contribution is -2.54. The number of aliphatic hydroxyl groups excluding tert-OH is 1. The Balaban J connectivity index is 1.63. The largest absolute Gasteiger partial charge is 0.469 e. The molecule has 0 radical (unpaired) electrons. The van der Waals surface area contributed by atoms with Gasteiger partial charge in [-0.3, -0.25) is 9.59 Å². The van der Waals surface area contributed by atoms with Gasteiger partial charge < -0.3 is 14.6 Å². The zero-order valence-electron chi connectivity index (χ0n) is 20.6. The molecule has 5 heteroatoms. The van der Waals surface area contributed by atoms with Gasteiger partial charge in [0.2, 0.25) is 0 Å². The maximum atomic E-state index is 12.1. The standard InChI is InChI=1S/C27H42O5/c1-16(6-9-24(30)31-5)20-7-8-21-25-22(11-13-27(20,21)4)26(3)12-10-19(29)14-18(26)15-23(25)32-17(2)28/h11,16,18-21,23,25,29H,6-10,12-15H2,1-5H3/t16-,18+,19-,20-,21?,23-,25?,26+,27-/m1/s1. The molecule has 0 heterocycles. The maximum Gasteiger partial charge on any atom is 0.305 e. The van der Waals surface area contributed by atoms with Crippen LogP contribution in [-0.2, 0) is 19.1 Å². The summed E-state index contributed by atoms with van der Waals surface area (Å²) in [5, 5.41) is 10.4. The average Bonchev–Trinajstić information content (AvgIpc) is 3.09. The SMILES string of the molecule is COC(=O)CC[C@@H](C)[C@H]1CCC2C3C(=CC[C@@]21C)[C@@]1(C)CC[C@@H](O)C[C@H]1C[C@H]3OC(C)=O. The zero-order chi connectivity index (χ0) is 23.3. The van der Waals surface area contributed by atoms with Crippen LogP contribution >= 0.6 is 0 Å². The maximum absolute atomic E-state index is 12.1. The Kier molecular flexibility index (Phi) is 6.52. The quantitative estimate of drug-likeness (QED) is 0.472. The van der Waals surface area contributed by atoms with Gasteiger partial charge >= 0.3 is 11.9 Å². The fourth-order valence-corrected chi connectivity index (χ4v) is 8.40. The Morgan fingerprint density at radius 2 is 1.97 bits per heavy atom. The number of aliphatic hydroxyl groups is 1. The van der Waals surface area contributed by atoms with Crippen molar-refractivity contribution in [2.24, 2.45) is 40.4 Å². The van der Waals surface area contributed by atoms with E-state index >= 15 is 0 Å². The number of esters is 2. The highest BCUT2D eigenvalue weighted by atomic mass is 16.5. The smallest absolute Gasteiger partial charge is 0.305 e. The molecular formula is C27H42O5. The molecule has 2 unspecified atom stereocenters. The van der Waals surface area contributed by atoms with E-state index in [9.17, 15) is 14.7 Å². The third-order valence-electron chi connectivity index (χ3n) is 10.1. The van der Waals surface area contributed by atoms with E-state index in [0.717, 1.165) is 44.9 Å². The molecule has 3 saturated carbocycles. The first-order valence-electron chi connectivity index (χ1n) is 12.7. The predicted octanol–water partition coefficient (Wildman–Crippen LogP) is 5.06. The Labute approximate surface area is 193 Å². The lowest BCUT2D eigenvalue weighted by Gasteiger charge is -2.58. The summed E-state index contributed by atoms with van der Waals surface area (Å²) < 4.78 is 10.9. The van der Waals surface area contributed by atoms with Crippen LogP contribution in [0.5, 0.6) is 0 Å². The van der Waals surface area contributed by atoms with Crippen molar-refractivity contribution in [3.8, 4) is 0 Å². The van der Waals surface area contributed by atoms with Gasteiger partial charge in [-0.25, -0.2) is 0 Å². The molecule has 4 rings (SSSR count). The summed E-state index contributed by atoms with van der Waals surface area (Å²) in [6, 6.07) is 0. The van der Waals surface area contributed by atoms with Crippen LogP contribution in [0.2, 0.25) is 0 Å². The van der Waals surface area contributed by atoms with Crippen molar-refractivity contribution in [3.05, 3.63) is 11.6 Å². The zero-order valence-corrected chi connectivity index (χ0v) is 20.6. The molecule has 4 aliphatic carbocycles. The molecule has 5 nitrogen and oxygen atoms in total. The monoisotopic (exact) mass is 446 g/mol. The highest BCUT2D eigenvalue weighted by Crippen LogP contribution is 2.66. The topological polar surface area (TPSA) is 72.8 Å². The normalized spacial score (nSPS) is 43.9. The first-order chi connectivity index (χ1) is 15.1. The van der Waals surface area contributed by atoms with Crippen LogP contribution < -0.4 is 0 Å². The van der Waals surface area contributed by atoms with E-state index in [-0.39, 0.29) is 40.9 Å². The van der Waals surface area contributed by atoms with E-state index in [1.54, 1.807) is 0 Å². The van der Waals surface area contributed by atoms with Crippen molar-refractivity contribution in [3.63, 3.8) is 0 Å². The molecule has 1 N–H and O–H groups in total. The molecule has 0 aromatic heterocycles. The minimum absolute atomic E-state index is 0.0872. The second-order valence-corrected chi connectivity index (χ2v) is 11.7. The Morgan fingerprint density at radius 1 is 1.22 bits per heavy atom. The summed E-state index contributed by atoms with van der Waals surface area (Å²) in [6.07, 6.45) is 10.5. The lowest BCUT2D eigenvalue weighted by molar-refractivity contribution is -0.158. The molecule has 0 spiro atoms. The molecule has 3 fully saturated rings. The summed E-state index contributed by atoms with van der Waals surface area (Å²) in [5.41, 5.74) is 1.79. The number of rotatable bonds is 5. The number of ether oxygens (including phenoxy) is 2. The third-order valence-corrected chi connectivity index (χ3v) is 10.1. The lowest BCUT2D eigenvalue weighted by atomic mass is 9.47. The molecule has 0 aliphatic heterocycles. The molecule has 4 aliphatic rings. The molecule has 0 amide bonds. The highest BCUT2D eigenvalue weighted by Gasteiger charge is 2.61. The average molecular weight is 447 g/mol. The van der Waals surface area contributed by atoms with Crippen LogP contribution in [0.25, 0.3) is 0 Å². The van der Waals surface area contributed by atoms with E-state index in [2.05, 4.69) is 26.8 Å². The molecule has 0 aromatic rings. The summed E-state index contributed by atoms with van der Waals surface area (Å²) in [4.78, 5) is 23.8. The van der Waals surface area contributed by atoms with Crippen molar-refractivity contribution in [2.45, 2.75) is 97.7 Å². The van der Waals surface area contributed by atoms with Gasteiger partial charge in [0.15, 0.2) is 0 Å². The van der Waals surface area contributed by atoms with Crippen LogP contribution in [0, 0.1) is 40.4 Å². The van der Waals surface area contributed by atoms with Gasteiger partial charge in [-0.2, -0.15) is 0 Å². The van der Waals surface area contributed by atoms with Crippen LogP contribution in [-0.4, -0.2) is 36.4 Å². The van der Waals surface area contributed by atoms with Crippen LogP contribution in [0.4, 0.5) is 0 Å². The Morgan fingerprint density at radius 3 is 2.66 bits per heavy atom. The van der Waals surface area contributed by atoms with E-state index < -0.39 is 0 Å². The van der Waals surface area contributed by atoms with E-state index in [0.29, 0.717) is 30.1 Å². The molecule has 0 saturated heterocycles. The fourth-order valence-electron chi connectivity index (χ4n) is 8.40. The summed E-state index contributed by atoms with van der Waals surface area (Å²) in [7, 11) is 1.46.